The number of hydrogen-bond donors (Lipinski definition) is 0. The highest BCUT2D eigenvalue weighted by atomic mass is 32.2. The first-order valence-corrected chi connectivity index (χ1v) is 13.6. The number of aryl methyl sites for hydroxylation is 2. The molecule has 1 saturated heterocycles. The Morgan fingerprint density at radius 1 is 1.12 bits per heavy atom. The van der Waals surface area contributed by atoms with E-state index in [4.69, 9.17) is 9.72 Å². The molecule has 5 nitrogen and oxygen atoms in total. The van der Waals surface area contributed by atoms with E-state index in [0.29, 0.717) is 13.0 Å². The molecule has 33 heavy (non-hydrogen) atoms. The quantitative estimate of drug-likeness (QED) is 0.280. The molecule has 1 amide bonds. The second-order valence-corrected chi connectivity index (χ2v) is 10.7. The Hall–Kier alpha value is -1.93. The second-order valence-electron chi connectivity index (χ2n) is 8.52. The summed E-state index contributed by atoms with van der Waals surface area (Å²) in [6.45, 7) is 9.50. The third-order valence-electron chi connectivity index (χ3n) is 6.03. The second kappa shape index (κ2) is 12.0. The summed E-state index contributed by atoms with van der Waals surface area (Å²) in [4.78, 5) is 23.8. The van der Waals surface area contributed by atoms with Gasteiger partial charge in [-0.1, -0.05) is 29.5 Å². The molecular weight excluding hydrogens is 450 g/mol. The van der Waals surface area contributed by atoms with Crippen LogP contribution < -0.4 is 4.90 Å². The third kappa shape index (κ3) is 6.79. The topological polar surface area (TPSA) is 45.7 Å². The summed E-state index contributed by atoms with van der Waals surface area (Å²) in [6, 6.07) is 14.7. The van der Waals surface area contributed by atoms with Gasteiger partial charge in [0.2, 0.25) is 5.91 Å². The number of amides is 1. The minimum absolute atomic E-state index is 0.179. The van der Waals surface area contributed by atoms with Crippen LogP contribution in [-0.2, 0) is 9.53 Å². The summed E-state index contributed by atoms with van der Waals surface area (Å²) in [6.07, 6.45) is 2.35. The zero-order valence-electron chi connectivity index (χ0n) is 19.6. The minimum atomic E-state index is 0.179. The molecule has 3 aromatic rings. The van der Waals surface area contributed by atoms with Crippen LogP contribution in [0.3, 0.4) is 0 Å². The maximum atomic E-state index is 13.3. The molecule has 1 aliphatic heterocycles. The number of thioether (sulfide) groups is 1. The van der Waals surface area contributed by atoms with Crippen LogP contribution in [-0.4, -0.2) is 60.9 Å². The predicted molar refractivity (Wildman–Crippen MR) is 140 cm³/mol. The highest BCUT2D eigenvalue weighted by Crippen LogP contribution is 2.31. The molecule has 2 heterocycles. The van der Waals surface area contributed by atoms with Gasteiger partial charge in [0, 0.05) is 37.5 Å². The van der Waals surface area contributed by atoms with Gasteiger partial charge in [0.25, 0.3) is 0 Å². The van der Waals surface area contributed by atoms with E-state index in [9.17, 15) is 4.79 Å². The summed E-state index contributed by atoms with van der Waals surface area (Å²) in [5.41, 5.74) is 3.49. The molecule has 1 fully saturated rings. The fourth-order valence-corrected chi connectivity index (χ4v) is 5.92. The molecule has 7 heteroatoms. The van der Waals surface area contributed by atoms with E-state index in [1.807, 2.05) is 22.7 Å². The number of morpholine rings is 1. The first-order valence-electron chi connectivity index (χ1n) is 11.8. The zero-order chi connectivity index (χ0) is 23.0. The van der Waals surface area contributed by atoms with Crippen molar-refractivity contribution >= 4 is 44.4 Å². The standard InChI is InChI=1S/C26H33N3O2S2/c1-20-18-23-24(19-21(20)2)33-26(27-23)29(12-7-11-28-13-15-31-16-14-28)25(30)10-6-17-32-22-8-4-3-5-9-22/h3-5,8-9,18-19H,6-7,10-17H2,1-2H3. The molecule has 176 valence electrons. The fraction of sp³-hybridized carbons (Fsp3) is 0.462. The van der Waals surface area contributed by atoms with Crippen LogP contribution in [0, 0.1) is 13.8 Å². The predicted octanol–water partition coefficient (Wildman–Crippen LogP) is 5.54. The molecule has 4 rings (SSSR count). The number of carbonyl (C=O) groups is 1. The lowest BCUT2D eigenvalue weighted by atomic mass is 10.1. The van der Waals surface area contributed by atoms with Gasteiger partial charge in [0.15, 0.2) is 5.13 Å². The van der Waals surface area contributed by atoms with Gasteiger partial charge < -0.3 is 4.74 Å². The average molecular weight is 484 g/mol. The van der Waals surface area contributed by atoms with E-state index in [1.165, 1.54) is 16.0 Å². The Bertz CT molecular complexity index is 1010. The van der Waals surface area contributed by atoms with Crippen LogP contribution in [0.15, 0.2) is 47.4 Å². The number of hydrogen-bond acceptors (Lipinski definition) is 6. The first kappa shape index (κ1) is 24.2. The Labute approximate surface area is 205 Å². The lowest BCUT2D eigenvalue weighted by molar-refractivity contribution is -0.118. The fourth-order valence-electron chi connectivity index (χ4n) is 3.95. The van der Waals surface area contributed by atoms with Crippen molar-refractivity contribution in [3.63, 3.8) is 0 Å². The number of carbonyl (C=O) groups excluding carboxylic acids is 1. The van der Waals surface area contributed by atoms with Crippen molar-refractivity contribution in [2.24, 2.45) is 0 Å². The van der Waals surface area contributed by atoms with E-state index in [2.05, 4.69) is 55.1 Å². The summed E-state index contributed by atoms with van der Waals surface area (Å²) in [5.74, 6) is 1.12. The van der Waals surface area contributed by atoms with Gasteiger partial charge in [-0.3, -0.25) is 14.6 Å². The van der Waals surface area contributed by atoms with Crippen LogP contribution >= 0.6 is 23.1 Å². The summed E-state index contributed by atoms with van der Waals surface area (Å²) >= 11 is 3.45. The lowest BCUT2D eigenvalue weighted by Gasteiger charge is -2.27. The van der Waals surface area contributed by atoms with Gasteiger partial charge in [0.1, 0.15) is 0 Å². The van der Waals surface area contributed by atoms with Crippen molar-refractivity contribution in [2.45, 2.75) is 38.0 Å². The van der Waals surface area contributed by atoms with Gasteiger partial charge in [-0.25, -0.2) is 4.98 Å². The number of ether oxygens (including phenoxy) is 1. The molecule has 0 unspecified atom stereocenters. The lowest BCUT2D eigenvalue weighted by Crippen LogP contribution is -2.39. The summed E-state index contributed by atoms with van der Waals surface area (Å²) in [7, 11) is 0. The van der Waals surface area contributed by atoms with Crippen LogP contribution in [0.2, 0.25) is 0 Å². The molecule has 0 radical (unpaired) electrons. The van der Waals surface area contributed by atoms with E-state index < -0.39 is 0 Å². The van der Waals surface area contributed by atoms with Crippen molar-refractivity contribution < 1.29 is 9.53 Å². The molecule has 2 aromatic carbocycles. The molecule has 0 saturated carbocycles. The highest BCUT2D eigenvalue weighted by molar-refractivity contribution is 7.99. The summed E-state index contributed by atoms with van der Waals surface area (Å²) < 4.78 is 6.61. The Balaban J connectivity index is 1.40. The van der Waals surface area contributed by atoms with Crippen molar-refractivity contribution in [3.8, 4) is 0 Å². The highest BCUT2D eigenvalue weighted by Gasteiger charge is 2.20. The van der Waals surface area contributed by atoms with Gasteiger partial charge >= 0.3 is 0 Å². The van der Waals surface area contributed by atoms with Gasteiger partial charge in [-0.05, 0) is 67.8 Å². The largest absolute Gasteiger partial charge is 0.379 e. The Morgan fingerprint density at radius 2 is 1.88 bits per heavy atom. The Kier molecular flexibility index (Phi) is 8.78. The van der Waals surface area contributed by atoms with Crippen molar-refractivity contribution in [1.82, 2.24) is 9.88 Å². The van der Waals surface area contributed by atoms with Crippen LogP contribution in [0.4, 0.5) is 5.13 Å². The van der Waals surface area contributed by atoms with Gasteiger partial charge in [-0.2, -0.15) is 0 Å². The number of fused-ring (bicyclic) bond motifs is 1. The molecule has 1 aliphatic rings. The van der Waals surface area contributed by atoms with Gasteiger partial charge in [0.05, 0.1) is 23.4 Å². The maximum Gasteiger partial charge on any atom is 0.228 e. The maximum absolute atomic E-state index is 13.3. The van der Waals surface area contributed by atoms with Crippen LogP contribution in [0.1, 0.15) is 30.4 Å². The zero-order valence-corrected chi connectivity index (χ0v) is 21.2. The number of thiazole rings is 1. The molecule has 0 atom stereocenters. The van der Waals surface area contributed by atoms with Crippen molar-refractivity contribution in [3.05, 3.63) is 53.6 Å². The Morgan fingerprint density at radius 3 is 2.67 bits per heavy atom. The third-order valence-corrected chi connectivity index (χ3v) is 8.17. The SMILES string of the molecule is Cc1cc2nc(N(CCCN3CCOCC3)C(=O)CCCSc3ccccc3)sc2cc1C. The number of benzene rings is 2. The number of anilines is 1. The number of rotatable bonds is 10. The number of nitrogens with zero attached hydrogens (tertiary/aromatic N) is 3. The molecule has 0 bridgehead atoms. The molecular formula is C26H33N3O2S2. The van der Waals surface area contributed by atoms with E-state index in [0.717, 1.165) is 66.8 Å². The number of aromatic nitrogens is 1. The van der Waals surface area contributed by atoms with Crippen LogP contribution in [0.5, 0.6) is 0 Å². The molecule has 0 spiro atoms. The van der Waals surface area contributed by atoms with Gasteiger partial charge in [-0.15, -0.1) is 11.8 Å². The van der Waals surface area contributed by atoms with Crippen LogP contribution in [0.25, 0.3) is 10.2 Å². The van der Waals surface area contributed by atoms with E-state index >= 15 is 0 Å². The summed E-state index contributed by atoms with van der Waals surface area (Å²) in [5, 5.41) is 0.831. The molecule has 0 aliphatic carbocycles. The normalized spacial score (nSPS) is 14.6. The minimum Gasteiger partial charge on any atom is -0.379 e. The molecule has 1 aromatic heterocycles. The molecule has 0 N–H and O–H groups in total. The first-order chi connectivity index (χ1) is 16.1. The van der Waals surface area contributed by atoms with E-state index in [1.54, 1.807) is 11.3 Å². The monoisotopic (exact) mass is 483 g/mol. The van der Waals surface area contributed by atoms with Crippen molar-refractivity contribution in [1.29, 1.82) is 0 Å². The average Bonchev–Trinajstić information content (AvgIpc) is 3.23. The van der Waals surface area contributed by atoms with Crippen molar-refractivity contribution in [2.75, 3.05) is 50.0 Å². The van der Waals surface area contributed by atoms with E-state index in [-0.39, 0.29) is 5.91 Å². The smallest absolute Gasteiger partial charge is 0.228 e.